The maximum atomic E-state index is 12.6. The third-order valence-electron chi connectivity index (χ3n) is 2.14. The summed E-state index contributed by atoms with van der Waals surface area (Å²) in [6.45, 7) is 1.36. The summed E-state index contributed by atoms with van der Waals surface area (Å²) in [6.07, 6.45) is -4.61. The number of esters is 1. The van der Waals surface area contributed by atoms with E-state index in [9.17, 15) is 18.0 Å². The van der Waals surface area contributed by atoms with Crippen molar-refractivity contribution < 1.29 is 22.7 Å². The molecule has 1 aromatic rings. The number of methoxy groups -OCH3 is 1. The zero-order valence-corrected chi connectivity index (χ0v) is 10.9. The second-order valence-electron chi connectivity index (χ2n) is 3.44. The van der Waals surface area contributed by atoms with Crippen molar-refractivity contribution in [1.29, 1.82) is 5.26 Å². The summed E-state index contributed by atoms with van der Waals surface area (Å²) < 4.78 is 42.4. The molecule has 0 bridgehead atoms. The van der Waals surface area contributed by atoms with E-state index in [0.29, 0.717) is 0 Å². The average Bonchev–Trinajstić information content (AvgIpc) is 2.33. The highest BCUT2D eigenvalue weighted by Gasteiger charge is 2.34. The molecule has 0 radical (unpaired) electrons. The van der Waals surface area contributed by atoms with Gasteiger partial charge in [-0.3, -0.25) is 0 Å². The predicted octanol–water partition coefficient (Wildman–Crippen LogP) is 2.81. The first-order valence-electron chi connectivity index (χ1n) is 4.98. The highest BCUT2D eigenvalue weighted by atomic mass is 32.2. The zero-order chi connectivity index (χ0) is 14.6. The van der Waals surface area contributed by atoms with Gasteiger partial charge in [0.2, 0.25) is 0 Å². The van der Waals surface area contributed by atoms with Crippen LogP contribution in [-0.4, -0.2) is 23.8 Å². The SMILES string of the molecule is COC(=O)c1c(C)cc(C(F)(F)F)nc1SCC#N. The Morgan fingerprint density at radius 2 is 2.21 bits per heavy atom. The summed E-state index contributed by atoms with van der Waals surface area (Å²) in [4.78, 5) is 14.9. The Kier molecular flexibility index (Phi) is 4.78. The summed E-state index contributed by atoms with van der Waals surface area (Å²) in [5.41, 5.74) is -1.04. The molecule has 0 aliphatic rings. The maximum Gasteiger partial charge on any atom is 0.433 e. The van der Waals surface area contributed by atoms with Crippen molar-refractivity contribution >= 4 is 17.7 Å². The highest BCUT2D eigenvalue weighted by molar-refractivity contribution is 7.99. The topological polar surface area (TPSA) is 63.0 Å². The highest BCUT2D eigenvalue weighted by Crippen LogP contribution is 2.32. The molecule has 1 aromatic heterocycles. The van der Waals surface area contributed by atoms with Crippen LogP contribution in [0.25, 0.3) is 0 Å². The van der Waals surface area contributed by atoms with E-state index in [1.807, 2.05) is 0 Å². The number of halogens is 3. The van der Waals surface area contributed by atoms with Crippen LogP contribution in [-0.2, 0) is 10.9 Å². The molecule has 4 nitrogen and oxygen atoms in total. The molecule has 0 spiro atoms. The number of alkyl halides is 3. The van der Waals surface area contributed by atoms with E-state index in [0.717, 1.165) is 24.9 Å². The number of hydrogen-bond acceptors (Lipinski definition) is 5. The molecular weight excluding hydrogens is 281 g/mol. The predicted molar refractivity (Wildman–Crippen MR) is 61.7 cm³/mol. The van der Waals surface area contributed by atoms with Gasteiger partial charge in [-0.05, 0) is 18.6 Å². The first-order chi connectivity index (χ1) is 8.81. The molecule has 0 unspecified atom stereocenters. The van der Waals surface area contributed by atoms with Gasteiger partial charge in [0, 0.05) is 0 Å². The van der Waals surface area contributed by atoms with Gasteiger partial charge in [-0.2, -0.15) is 18.4 Å². The molecular formula is C11H9F3N2O2S. The lowest BCUT2D eigenvalue weighted by atomic mass is 10.1. The fourth-order valence-electron chi connectivity index (χ4n) is 1.34. The van der Waals surface area contributed by atoms with Gasteiger partial charge in [0.05, 0.1) is 24.5 Å². The van der Waals surface area contributed by atoms with E-state index in [4.69, 9.17) is 5.26 Å². The van der Waals surface area contributed by atoms with Crippen LogP contribution in [0.4, 0.5) is 13.2 Å². The lowest BCUT2D eigenvalue weighted by Crippen LogP contribution is -2.14. The number of carbonyl (C=O) groups is 1. The Labute approximate surface area is 111 Å². The van der Waals surface area contributed by atoms with Gasteiger partial charge in [0.15, 0.2) is 0 Å². The van der Waals surface area contributed by atoms with Crippen molar-refractivity contribution in [3.05, 3.63) is 22.9 Å². The van der Waals surface area contributed by atoms with Gasteiger partial charge in [-0.25, -0.2) is 9.78 Å². The molecule has 0 saturated carbocycles. The molecule has 0 aromatic carbocycles. The second-order valence-corrected chi connectivity index (χ2v) is 4.40. The van der Waals surface area contributed by atoms with Crippen LogP contribution in [0.3, 0.4) is 0 Å². The fourth-order valence-corrected chi connectivity index (χ4v) is 2.10. The van der Waals surface area contributed by atoms with Gasteiger partial charge in [-0.1, -0.05) is 11.8 Å². The van der Waals surface area contributed by atoms with E-state index in [1.165, 1.54) is 6.92 Å². The number of hydrogen-bond donors (Lipinski definition) is 0. The van der Waals surface area contributed by atoms with Crippen molar-refractivity contribution in [2.24, 2.45) is 0 Å². The Balaban J connectivity index is 3.39. The summed E-state index contributed by atoms with van der Waals surface area (Å²) >= 11 is 0.762. The van der Waals surface area contributed by atoms with E-state index >= 15 is 0 Å². The van der Waals surface area contributed by atoms with Crippen LogP contribution >= 0.6 is 11.8 Å². The number of nitriles is 1. The van der Waals surface area contributed by atoms with Crippen molar-refractivity contribution in [3.8, 4) is 6.07 Å². The quantitative estimate of drug-likeness (QED) is 0.632. The number of pyridine rings is 1. The Hall–Kier alpha value is -1.75. The first-order valence-corrected chi connectivity index (χ1v) is 5.96. The van der Waals surface area contributed by atoms with Gasteiger partial charge in [0.25, 0.3) is 0 Å². The normalized spacial score (nSPS) is 10.9. The van der Waals surface area contributed by atoms with Crippen LogP contribution in [0.5, 0.6) is 0 Å². The molecule has 8 heteroatoms. The van der Waals surface area contributed by atoms with Crippen LogP contribution in [0.15, 0.2) is 11.1 Å². The number of carbonyl (C=O) groups excluding carboxylic acids is 1. The molecule has 0 aliphatic heterocycles. The third kappa shape index (κ3) is 3.61. The van der Waals surface area contributed by atoms with Crippen molar-refractivity contribution in [3.63, 3.8) is 0 Å². The molecule has 1 rings (SSSR count). The minimum atomic E-state index is -4.61. The van der Waals surface area contributed by atoms with Crippen LogP contribution in [0, 0.1) is 18.3 Å². The number of ether oxygens (including phenoxy) is 1. The molecule has 0 atom stereocenters. The smallest absolute Gasteiger partial charge is 0.433 e. The maximum absolute atomic E-state index is 12.6. The lowest BCUT2D eigenvalue weighted by Gasteiger charge is -2.13. The zero-order valence-electron chi connectivity index (χ0n) is 10.0. The molecule has 1 heterocycles. The number of thioether (sulfide) groups is 1. The van der Waals surface area contributed by atoms with E-state index in [-0.39, 0.29) is 21.9 Å². The van der Waals surface area contributed by atoms with Crippen molar-refractivity contribution in [2.75, 3.05) is 12.9 Å². The standard InChI is InChI=1S/C11H9F3N2O2S/c1-6-5-7(11(12,13)14)16-9(19-4-3-15)8(6)10(17)18-2/h5H,4H2,1-2H3. The summed E-state index contributed by atoms with van der Waals surface area (Å²) in [5, 5.41) is 8.32. The molecule has 102 valence electrons. The van der Waals surface area contributed by atoms with Crippen LogP contribution in [0.1, 0.15) is 21.6 Å². The summed E-state index contributed by atoms with van der Waals surface area (Å²) in [6, 6.07) is 2.55. The molecule has 0 N–H and O–H groups in total. The number of aromatic nitrogens is 1. The van der Waals surface area contributed by atoms with Crippen LogP contribution < -0.4 is 0 Å². The van der Waals surface area contributed by atoms with E-state index < -0.39 is 17.8 Å². The van der Waals surface area contributed by atoms with Gasteiger partial charge in [0.1, 0.15) is 10.7 Å². The van der Waals surface area contributed by atoms with E-state index in [1.54, 1.807) is 6.07 Å². The second kappa shape index (κ2) is 5.93. The van der Waals surface area contributed by atoms with Gasteiger partial charge < -0.3 is 4.74 Å². The Morgan fingerprint density at radius 3 is 2.68 bits per heavy atom. The summed E-state index contributed by atoms with van der Waals surface area (Å²) in [5.74, 6) is -0.892. The van der Waals surface area contributed by atoms with Crippen LogP contribution in [0.2, 0.25) is 0 Å². The number of aryl methyl sites for hydroxylation is 1. The number of rotatable bonds is 3. The molecule has 0 saturated heterocycles. The van der Waals surface area contributed by atoms with E-state index in [2.05, 4.69) is 9.72 Å². The molecule has 0 aliphatic carbocycles. The van der Waals surface area contributed by atoms with Gasteiger partial charge >= 0.3 is 12.1 Å². The monoisotopic (exact) mass is 290 g/mol. The Morgan fingerprint density at radius 1 is 1.58 bits per heavy atom. The molecule has 19 heavy (non-hydrogen) atoms. The third-order valence-corrected chi connectivity index (χ3v) is 2.98. The summed E-state index contributed by atoms with van der Waals surface area (Å²) in [7, 11) is 1.12. The first kappa shape index (κ1) is 15.3. The minimum Gasteiger partial charge on any atom is -0.465 e. The van der Waals surface area contributed by atoms with Crippen molar-refractivity contribution in [2.45, 2.75) is 18.1 Å². The van der Waals surface area contributed by atoms with Crippen molar-refractivity contribution in [1.82, 2.24) is 4.98 Å². The average molecular weight is 290 g/mol. The minimum absolute atomic E-state index is 0.0456. The number of nitrogens with zero attached hydrogens (tertiary/aromatic N) is 2. The lowest BCUT2D eigenvalue weighted by molar-refractivity contribution is -0.141. The molecule has 0 fully saturated rings. The van der Waals surface area contributed by atoms with Gasteiger partial charge in [-0.15, -0.1) is 0 Å². The largest absolute Gasteiger partial charge is 0.465 e. The fraction of sp³-hybridized carbons (Fsp3) is 0.364. The Bertz CT molecular complexity index is 538. The molecule has 0 amide bonds.